The van der Waals surface area contributed by atoms with E-state index >= 15 is 0 Å². The fraction of sp³-hybridized carbons (Fsp3) is 0.500. The van der Waals surface area contributed by atoms with Gasteiger partial charge in [-0.25, -0.2) is 0 Å². The fourth-order valence-electron chi connectivity index (χ4n) is 3.24. The van der Waals surface area contributed by atoms with Crippen molar-refractivity contribution in [1.82, 2.24) is 0 Å². The first-order chi connectivity index (χ1) is 12.6. The number of phenols is 1. The maximum absolute atomic E-state index is 9.68. The number of rotatable bonds is 11. The van der Waals surface area contributed by atoms with Gasteiger partial charge in [-0.05, 0) is 66.8 Å². The van der Waals surface area contributed by atoms with Crippen LogP contribution in [-0.2, 0) is 0 Å². The number of phenolic OH excluding ortho intramolecular Hbond substituents is 1. The van der Waals surface area contributed by atoms with E-state index in [0.29, 0.717) is 5.75 Å². The topological polar surface area (TPSA) is 29.5 Å². The third-order valence-electron chi connectivity index (χ3n) is 4.96. The van der Waals surface area contributed by atoms with Crippen molar-refractivity contribution in [2.75, 3.05) is 6.61 Å². The van der Waals surface area contributed by atoms with Crippen LogP contribution in [0.3, 0.4) is 0 Å². The first-order valence-electron chi connectivity index (χ1n) is 10.1. The minimum Gasteiger partial charge on any atom is -0.508 e. The molecule has 142 valence electrons. The van der Waals surface area contributed by atoms with Crippen LogP contribution in [0.25, 0.3) is 11.1 Å². The molecule has 2 aromatic rings. The van der Waals surface area contributed by atoms with Crippen LogP contribution in [0.4, 0.5) is 0 Å². The van der Waals surface area contributed by atoms with Gasteiger partial charge in [0.15, 0.2) is 0 Å². The van der Waals surface area contributed by atoms with Crippen molar-refractivity contribution in [3.8, 4) is 22.6 Å². The molecule has 0 aliphatic rings. The van der Waals surface area contributed by atoms with Crippen molar-refractivity contribution in [3.05, 3.63) is 47.5 Å². The molecule has 1 N–H and O–H groups in total. The molecule has 0 aliphatic carbocycles. The molecule has 0 bridgehead atoms. The third-order valence-corrected chi connectivity index (χ3v) is 4.96. The number of aromatic hydroxyl groups is 1. The van der Waals surface area contributed by atoms with E-state index < -0.39 is 0 Å². The van der Waals surface area contributed by atoms with Crippen LogP contribution < -0.4 is 4.74 Å². The third kappa shape index (κ3) is 6.40. The zero-order valence-electron chi connectivity index (χ0n) is 16.7. The molecule has 0 saturated carbocycles. The Balaban J connectivity index is 1.76. The molecule has 2 heteroatoms. The maximum atomic E-state index is 9.68. The van der Waals surface area contributed by atoms with Crippen molar-refractivity contribution in [2.45, 2.75) is 72.1 Å². The number of benzene rings is 2. The highest BCUT2D eigenvalue weighted by molar-refractivity contribution is 5.67. The lowest BCUT2D eigenvalue weighted by molar-refractivity contribution is 0.302. The van der Waals surface area contributed by atoms with E-state index in [1.165, 1.54) is 44.9 Å². The Hall–Kier alpha value is -1.96. The molecular weight excluding hydrogens is 320 g/mol. The number of aryl methyl sites for hydroxylation is 2. The largest absolute Gasteiger partial charge is 0.508 e. The molecular formula is C24H34O2. The van der Waals surface area contributed by atoms with Gasteiger partial charge in [0, 0.05) is 0 Å². The molecule has 2 nitrogen and oxygen atoms in total. The quantitative estimate of drug-likeness (QED) is 0.432. The van der Waals surface area contributed by atoms with Crippen molar-refractivity contribution in [1.29, 1.82) is 0 Å². The normalized spacial score (nSPS) is 10.9. The second-order valence-corrected chi connectivity index (χ2v) is 7.30. The van der Waals surface area contributed by atoms with Crippen LogP contribution >= 0.6 is 0 Å². The van der Waals surface area contributed by atoms with E-state index in [0.717, 1.165) is 41.0 Å². The van der Waals surface area contributed by atoms with Gasteiger partial charge in [0.25, 0.3) is 0 Å². The molecule has 0 amide bonds. The summed E-state index contributed by atoms with van der Waals surface area (Å²) in [4.78, 5) is 0. The number of unbranched alkanes of at least 4 members (excludes halogenated alkanes) is 7. The van der Waals surface area contributed by atoms with Gasteiger partial charge in [-0.2, -0.15) is 0 Å². The van der Waals surface area contributed by atoms with Crippen LogP contribution in [0.15, 0.2) is 36.4 Å². The molecule has 2 aromatic carbocycles. The summed E-state index contributed by atoms with van der Waals surface area (Å²) >= 11 is 0. The lowest BCUT2D eigenvalue weighted by Gasteiger charge is -2.11. The zero-order valence-corrected chi connectivity index (χ0v) is 16.7. The van der Waals surface area contributed by atoms with Gasteiger partial charge >= 0.3 is 0 Å². The zero-order chi connectivity index (χ0) is 18.8. The highest BCUT2D eigenvalue weighted by Gasteiger charge is 2.05. The molecule has 26 heavy (non-hydrogen) atoms. The van der Waals surface area contributed by atoms with E-state index in [2.05, 4.69) is 32.0 Å². The summed E-state index contributed by atoms with van der Waals surface area (Å²) in [7, 11) is 0. The maximum Gasteiger partial charge on any atom is 0.122 e. The summed E-state index contributed by atoms with van der Waals surface area (Å²) in [5, 5.41) is 9.68. The van der Waals surface area contributed by atoms with E-state index in [4.69, 9.17) is 4.74 Å². The average Bonchev–Trinajstić information content (AvgIpc) is 2.63. The van der Waals surface area contributed by atoms with Gasteiger partial charge in [-0.3, -0.25) is 0 Å². The van der Waals surface area contributed by atoms with Crippen LogP contribution in [-0.4, -0.2) is 11.7 Å². The van der Waals surface area contributed by atoms with Gasteiger partial charge in [0.2, 0.25) is 0 Å². The van der Waals surface area contributed by atoms with Gasteiger partial charge in [-0.1, -0.05) is 64.0 Å². The first-order valence-corrected chi connectivity index (χ1v) is 10.1. The van der Waals surface area contributed by atoms with E-state index in [-0.39, 0.29) is 0 Å². The number of ether oxygens (including phenoxy) is 1. The summed E-state index contributed by atoms with van der Waals surface area (Å²) in [6, 6.07) is 12.1. The molecule has 0 spiro atoms. The fourth-order valence-corrected chi connectivity index (χ4v) is 3.24. The van der Waals surface area contributed by atoms with Crippen LogP contribution in [0.2, 0.25) is 0 Å². The van der Waals surface area contributed by atoms with Gasteiger partial charge in [0.05, 0.1) is 6.61 Å². The Labute approximate surface area is 159 Å². The smallest absolute Gasteiger partial charge is 0.122 e. The van der Waals surface area contributed by atoms with Gasteiger partial charge < -0.3 is 9.84 Å². The Morgan fingerprint density at radius 2 is 1.31 bits per heavy atom. The Kier molecular flexibility index (Phi) is 8.53. The first kappa shape index (κ1) is 20.4. The molecule has 0 saturated heterocycles. The van der Waals surface area contributed by atoms with Crippen molar-refractivity contribution >= 4 is 0 Å². The number of hydrogen-bond donors (Lipinski definition) is 1. The van der Waals surface area contributed by atoms with E-state index in [1.807, 2.05) is 19.1 Å². The minimum absolute atomic E-state index is 0.343. The molecule has 0 aliphatic heterocycles. The minimum atomic E-state index is 0.343. The highest BCUT2D eigenvalue weighted by Crippen LogP contribution is 2.29. The lowest BCUT2D eigenvalue weighted by atomic mass is 10.0. The monoisotopic (exact) mass is 354 g/mol. The second kappa shape index (κ2) is 10.9. The van der Waals surface area contributed by atoms with Crippen LogP contribution in [0, 0.1) is 13.8 Å². The molecule has 0 fully saturated rings. The summed E-state index contributed by atoms with van der Waals surface area (Å²) in [5.74, 6) is 1.32. The molecule has 0 aromatic heterocycles. The van der Waals surface area contributed by atoms with Crippen molar-refractivity contribution in [3.63, 3.8) is 0 Å². The molecule has 2 rings (SSSR count). The van der Waals surface area contributed by atoms with Gasteiger partial charge in [0.1, 0.15) is 11.5 Å². The molecule has 0 radical (unpaired) electrons. The summed E-state index contributed by atoms with van der Waals surface area (Å²) in [5.41, 5.74) is 4.34. The highest BCUT2D eigenvalue weighted by atomic mass is 16.5. The Morgan fingerprint density at radius 1 is 0.731 bits per heavy atom. The molecule has 0 unspecified atom stereocenters. The van der Waals surface area contributed by atoms with Crippen LogP contribution in [0.5, 0.6) is 11.5 Å². The van der Waals surface area contributed by atoms with Gasteiger partial charge in [-0.15, -0.1) is 0 Å². The van der Waals surface area contributed by atoms with E-state index in [9.17, 15) is 5.11 Å². The number of hydrogen-bond acceptors (Lipinski definition) is 2. The Morgan fingerprint density at radius 3 is 1.92 bits per heavy atom. The summed E-state index contributed by atoms with van der Waals surface area (Å²) in [6.07, 6.45) is 10.5. The van der Waals surface area contributed by atoms with Crippen LogP contribution in [0.1, 0.15) is 69.4 Å². The predicted octanol–water partition coefficient (Wildman–Crippen LogP) is 7.20. The SMILES string of the molecule is CCCCCCCCCCOc1ccc(-c2ccc(O)c(C)c2)cc1C. The van der Waals surface area contributed by atoms with Crippen molar-refractivity contribution < 1.29 is 9.84 Å². The summed E-state index contributed by atoms with van der Waals surface area (Å²) in [6.45, 7) is 7.08. The predicted molar refractivity (Wildman–Crippen MR) is 111 cm³/mol. The second-order valence-electron chi connectivity index (χ2n) is 7.30. The average molecular weight is 355 g/mol. The Bertz CT molecular complexity index is 676. The summed E-state index contributed by atoms with van der Waals surface area (Å²) < 4.78 is 5.98. The van der Waals surface area contributed by atoms with Crippen molar-refractivity contribution in [2.24, 2.45) is 0 Å². The standard InChI is InChI=1S/C24H34O2/c1-4-5-6-7-8-9-10-11-16-26-24-15-13-22(18-20(24)3)21-12-14-23(25)19(2)17-21/h12-15,17-18,25H,4-11,16H2,1-3H3. The molecule has 0 atom stereocenters. The molecule has 0 heterocycles. The lowest BCUT2D eigenvalue weighted by Crippen LogP contribution is -1.99. The van der Waals surface area contributed by atoms with E-state index in [1.54, 1.807) is 6.07 Å².